The van der Waals surface area contributed by atoms with Gasteiger partial charge in [-0.3, -0.25) is 4.79 Å². The molecular weight excluding hydrogens is 256 g/mol. The topological polar surface area (TPSA) is 99.7 Å². The molecule has 2 aromatic rings. The van der Waals surface area contributed by atoms with E-state index in [4.69, 9.17) is 15.3 Å². The molecule has 6 nitrogen and oxygen atoms in total. The van der Waals surface area contributed by atoms with Gasteiger partial charge in [-0.05, 0) is 19.1 Å². The summed E-state index contributed by atoms with van der Waals surface area (Å²) in [7, 11) is 0. The van der Waals surface area contributed by atoms with Crippen LogP contribution in [-0.4, -0.2) is 22.5 Å². The average Bonchev–Trinajstić information content (AvgIpc) is 2.47. The number of esters is 1. The van der Waals surface area contributed by atoms with Crippen LogP contribution in [0, 0.1) is 22.7 Å². The van der Waals surface area contributed by atoms with Crippen molar-refractivity contribution in [2.24, 2.45) is 0 Å². The first-order valence-electron chi connectivity index (χ1n) is 5.94. The third kappa shape index (κ3) is 2.40. The standard InChI is InChI=1S/C14H10N4O2/c1-2-20-14(19)9(7-15)13-12(8-16)17-10-5-3-4-6-11(10)18-13/h3-6,9H,2H2,1H3. The lowest BCUT2D eigenvalue weighted by Gasteiger charge is -2.09. The molecule has 0 saturated carbocycles. The summed E-state index contributed by atoms with van der Waals surface area (Å²) in [6.07, 6.45) is 0. The third-order valence-corrected chi connectivity index (χ3v) is 2.63. The number of rotatable bonds is 3. The van der Waals surface area contributed by atoms with Crippen LogP contribution in [0.25, 0.3) is 11.0 Å². The van der Waals surface area contributed by atoms with Crippen LogP contribution in [0.15, 0.2) is 24.3 Å². The summed E-state index contributed by atoms with van der Waals surface area (Å²) in [5, 5.41) is 18.3. The highest BCUT2D eigenvalue weighted by molar-refractivity contribution is 5.83. The van der Waals surface area contributed by atoms with E-state index in [2.05, 4.69) is 9.97 Å². The molecule has 1 aromatic heterocycles. The van der Waals surface area contributed by atoms with Crippen LogP contribution < -0.4 is 0 Å². The highest BCUT2D eigenvalue weighted by atomic mass is 16.5. The Labute approximate surface area is 115 Å². The van der Waals surface area contributed by atoms with Crippen molar-refractivity contribution in [2.45, 2.75) is 12.8 Å². The Balaban J connectivity index is 2.60. The smallest absolute Gasteiger partial charge is 0.329 e. The fourth-order valence-corrected chi connectivity index (χ4v) is 1.75. The molecule has 0 aliphatic carbocycles. The molecule has 0 saturated heterocycles. The molecule has 6 heteroatoms. The Kier molecular flexibility index (Phi) is 3.88. The summed E-state index contributed by atoms with van der Waals surface area (Å²) in [6, 6.07) is 10.6. The van der Waals surface area contributed by atoms with Gasteiger partial charge in [0.1, 0.15) is 11.8 Å². The zero-order valence-corrected chi connectivity index (χ0v) is 10.7. The third-order valence-electron chi connectivity index (χ3n) is 2.63. The Morgan fingerprint density at radius 2 is 1.95 bits per heavy atom. The molecule has 20 heavy (non-hydrogen) atoms. The quantitative estimate of drug-likeness (QED) is 0.783. The van der Waals surface area contributed by atoms with E-state index in [1.807, 2.05) is 12.1 Å². The van der Waals surface area contributed by atoms with E-state index in [0.29, 0.717) is 11.0 Å². The maximum absolute atomic E-state index is 11.8. The molecule has 1 aromatic carbocycles. The van der Waals surface area contributed by atoms with Gasteiger partial charge in [-0.25, -0.2) is 9.97 Å². The van der Waals surface area contributed by atoms with Gasteiger partial charge in [0, 0.05) is 0 Å². The normalized spacial score (nSPS) is 11.3. The first-order valence-corrected chi connectivity index (χ1v) is 5.94. The van der Waals surface area contributed by atoms with Gasteiger partial charge in [0.05, 0.1) is 23.7 Å². The number of carbonyl (C=O) groups is 1. The van der Waals surface area contributed by atoms with Gasteiger partial charge in [0.2, 0.25) is 0 Å². The van der Waals surface area contributed by atoms with Crippen LogP contribution in [0.4, 0.5) is 0 Å². The zero-order valence-electron chi connectivity index (χ0n) is 10.7. The molecule has 1 unspecified atom stereocenters. The van der Waals surface area contributed by atoms with E-state index in [1.165, 1.54) is 0 Å². The van der Waals surface area contributed by atoms with Gasteiger partial charge in [0.15, 0.2) is 11.6 Å². The molecule has 2 rings (SSSR count). The van der Waals surface area contributed by atoms with E-state index >= 15 is 0 Å². The molecule has 0 aliphatic rings. The molecular formula is C14H10N4O2. The van der Waals surface area contributed by atoms with Crippen molar-refractivity contribution in [2.75, 3.05) is 6.61 Å². The number of nitriles is 2. The predicted octanol–water partition coefficient (Wildman–Crippen LogP) is 1.67. The molecule has 0 amide bonds. The lowest BCUT2D eigenvalue weighted by atomic mass is 10.0. The minimum Gasteiger partial charge on any atom is -0.465 e. The number of hydrogen-bond donors (Lipinski definition) is 0. The first-order chi connectivity index (χ1) is 9.71. The summed E-state index contributed by atoms with van der Waals surface area (Å²) >= 11 is 0. The minimum absolute atomic E-state index is 0.0344. The number of benzene rings is 1. The lowest BCUT2D eigenvalue weighted by molar-refractivity contribution is -0.143. The molecule has 0 radical (unpaired) electrons. The number of para-hydroxylation sites is 2. The summed E-state index contributed by atoms with van der Waals surface area (Å²) in [5.74, 6) is -1.97. The Morgan fingerprint density at radius 3 is 2.50 bits per heavy atom. The van der Waals surface area contributed by atoms with Gasteiger partial charge in [-0.15, -0.1) is 0 Å². The van der Waals surface area contributed by atoms with Crippen molar-refractivity contribution >= 4 is 17.0 Å². The number of fused-ring (bicyclic) bond motifs is 1. The highest BCUT2D eigenvalue weighted by Crippen LogP contribution is 2.21. The monoisotopic (exact) mass is 266 g/mol. The molecule has 1 atom stereocenters. The fraction of sp³-hybridized carbons (Fsp3) is 0.214. The van der Waals surface area contributed by atoms with Gasteiger partial charge in [0.25, 0.3) is 0 Å². The van der Waals surface area contributed by atoms with Crippen LogP contribution >= 0.6 is 0 Å². The van der Waals surface area contributed by atoms with Crippen molar-refractivity contribution in [1.82, 2.24) is 9.97 Å². The first kappa shape index (κ1) is 13.4. The van der Waals surface area contributed by atoms with E-state index < -0.39 is 11.9 Å². The van der Waals surface area contributed by atoms with Crippen LogP contribution in [0.5, 0.6) is 0 Å². The van der Waals surface area contributed by atoms with Gasteiger partial charge < -0.3 is 4.74 Å². The van der Waals surface area contributed by atoms with E-state index in [0.717, 1.165) is 0 Å². The van der Waals surface area contributed by atoms with Gasteiger partial charge in [-0.1, -0.05) is 12.1 Å². The van der Waals surface area contributed by atoms with Crippen LogP contribution in [0.1, 0.15) is 24.2 Å². The maximum atomic E-state index is 11.8. The molecule has 1 heterocycles. The van der Waals surface area contributed by atoms with Crippen LogP contribution in [-0.2, 0) is 9.53 Å². The second kappa shape index (κ2) is 5.77. The molecule has 0 spiro atoms. The SMILES string of the molecule is CCOC(=O)C(C#N)c1nc2ccccc2nc1C#N. The Morgan fingerprint density at radius 1 is 1.30 bits per heavy atom. The van der Waals surface area contributed by atoms with E-state index in [1.54, 1.807) is 31.2 Å². The largest absolute Gasteiger partial charge is 0.465 e. The number of aromatic nitrogens is 2. The van der Waals surface area contributed by atoms with Crippen LogP contribution in [0.3, 0.4) is 0 Å². The second-order valence-corrected chi connectivity index (χ2v) is 3.87. The maximum Gasteiger partial charge on any atom is 0.329 e. The highest BCUT2D eigenvalue weighted by Gasteiger charge is 2.27. The van der Waals surface area contributed by atoms with Crippen molar-refractivity contribution in [3.63, 3.8) is 0 Å². The molecule has 0 aliphatic heterocycles. The summed E-state index contributed by atoms with van der Waals surface area (Å²) in [4.78, 5) is 20.1. The van der Waals surface area contributed by atoms with Crippen molar-refractivity contribution in [3.05, 3.63) is 35.7 Å². The van der Waals surface area contributed by atoms with Gasteiger partial charge in [-0.2, -0.15) is 10.5 Å². The molecule has 98 valence electrons. The summed E-state index contributed by atoms with van der Waals surface area (Å²) in [5.41, 5.74) is 1.05. The van der Waals surface area contributed by atoms with Crippen molar-refractivity contribution in [3.8, 4) is 12.1 Å². The Hall–Kier alpha value is -2.99. The number of ether oxygens (including phenoxy) is 1. The zero-order chi connectivity index (χ0) is 14.5. The average molecular weight is 266 g/mol. The van der Waals surface area contributed by atoms with Crippen LogP contribution in [0.2, 0.25) is 0 Å². The van der Waals surface area contributed by atoms with Gasteiger partial charge >= 0.3 is 5.97 Å². The predicted molar refractivity (Wildman–Crippen MR) is 69.2 cm³/mol. The van der Waals surface area contributed by atoms with Crippen molar-refractivity contribution in [1.29, 1.82) is 10.5 Å². The number of nitrogens with zero attached hydrogens (tertiary/aromatic N) is 4. The Bertz CT molecular complexity index is 743. The summed E-state index contributed by atoms with van der Waals surface area (Å²) < 4.78 is 4.82. The second-order valence-electron chi connectivity index (χ2n) is 3.87. The van der Waals surface area contributed by atoms with Crippen molar-refractivity contribution < 1.29 is 9.53 Å². The van der Waals surface area contributed by atoms with E-state index in [-0.39, 0.29) is 18.0 Å². The lowest BCUT2D eigenvalue weighted by Crippen LogP contribution is -2.17. The number of carbonyl (C=O) groups excluding carboxylic acids is 1. The molecule has 0 N–H and O–H groups in total. The fourth-order valence-electron chi connectivity index (χ4n) is 1.75. The van der Waals surface area contributed by atoms with E-state index in [9.17, 15) is 4.79 Å². The molecule has 0 bridgehead atoms. The summed E-state index contributed by atoms with van der Waals surface area (Å²) in [6.45, 7) is 1.80. The minimum atomic E-state index is -1.25. The molecule has 0 fully saturated rings. The number of hydrogen-bond acceptors (Lipinski definition) is 6.